The molecule has 0 aliphatic rings. The van der Waals surface area contributed by atoms with E-state index in [-0.39, 0.29) is 19.1 Å². The summed E-state index contributed by atoms with van der Waals surface area (Å²) in [5.74, 6) is -0.158. The van der Waals surface area contributed by atoms with Crippen LogP contribution in [0.25, 0.3) is 0 Å². The van der Waals surface area contributed by atoms with Crippen molar-refractivity contribution in [2.75, 3.05) is 40.9 Å². The molecule has 0 aromatic heterocycles. The Morgan fingerprint density at radius 2 is 0.795 bits per heavy atom. The maximum atomic E-state index is 13.0. The van der Waals surface area contributed by atoms with Crippen molar-refractivity contribution in [3.63, 3.8) is 0 Å². The second-order valence-electron chi connectivity index (χ2n) is 23.5. The van der Waals surface area contributed by atoms with E-state index in [1.165, 1.54) is 257 Å². The Morgan fingerprint density at radius 3 is 1.14 bits per heavy atom. The van der Waals surface area contributed by atoms with E-state index in [4.69, 9.17) is 9.05 Å². The summed E-state index contributed by atoms with van der Waals surface area (Å²) in [6.07, 6.45) is 70.8. The van der Waals surface area contributed by atoms with E-state index in [1.54, 1.807) is 0 Å². The van der Waals surface area contributed by atoms with Gasteiger partial charge in [-0.15, -0.1) is 0 Å². The van der Waals surface area contributed by atoms with Gasteiger partial charge in [-0.1, -0.05) is 301 Å². The zero-order valence-corrected chi connectivity index (χ0v) is 50.5. The molecular formula is C64H127N2O6P. The molecule has 0 radical (unpaired) electrons. The predicted molar refractivity (Wildman–Crippen MR) is 316 cm³/mol. The molecule has 1 amide bonds. The van der Waals surface area contributed by atoms with Gasteiger partial charge in [0.2, 0.25) is 5.91 Å². The topological polar surface area (TPSA) is 108 Å². The number of nitrogens with one attached hydrogen (secondary N) is 1. The number of likely N-dealkylation sites (N-methyl/N-ethyl adjacent to an activating group) is 1. The summed E-state index contributed by atoms with van der Waals surface area (Å²) >= 11 is 0. The molecule has 0 heterocycles. The molecule has 0 bridgehead atoms. The Hall–Kier alpha value is -1.02. The number of phosphoric ester groups is 1. The summed E-state index contributed by atoms with van der Waals surface area (Å²) < 4.78 is 23.5. The first-order chi connectivity index (χ1) is 35.5. The van der Waals surface area contributed by atoms with Gasteiger partial charge < -0.3 is 28.8 Å². The zero-order chi connectivity index (χ0) is 53.5. The Balaban J connectivity index is 4.05. The average Bonchev–Trinajstić information content (AvgIpc) is 3.35. The van der Waals surface area contributed by atoms with Crippen molar-refractivity contribution in [2.45, 2.75) is 341 Å². The number of allylic oxidation sites excluding steroid dienone is 4. The molecule has 3 unspecified atom stereocenters. The van der Waals surface area contributed by atoms with E-state index in [0.29, 0.717) is 23.9 Å². The van der Waals surface area contributed by atoms with Crippen LogP contribution in [0.2, 0.25) is 0 Å². The quantitative estimate of drug-likeness (QED) is 0.0272. The van der Waals surface area contributed by atoms with Gasteiger partial charge in [0.25, 0.3) is 7.82 Å². The summed E-state index contributed by atoms with van der Waals surface area (Å²) in [5, 5.41) is 14.1. The highest BCUT2D eigenvalue weighted by Gasteiger charge is 2.24. The number of carbonyl (C=O) groups is 1. The van der Waals surface area contributed by atoms with Crippen molar-refractivity contribution >= 4 is 13.7 Å². The monoisotopic (exact) mass is 1050 g/mol. The first kappa shape index (κ1) is 72.0. The van der Waals surface area contributed by atoms with Crippen LogP contribution in [0.5, 0.6) is 0 Å². The highest BCUT2D eigenvalue weighted by molar-refractivity contribution is 7.45. The van der Waals surface area contributed by atoms with Crippen molar-refractivity contribution < 1.29 is 32.9 Å². The molecule has 0 aliphatic carbocycles. The van der Waals surface area contributed by atoms with Gasteiger partial charge in [0.05, 0.1) is 39.9 Å². The summed E-state index contributed by atoms with van der Waals surface area (Å²) in [7, 11) is 1.32. The van der Waals surface area contributed by atoms with E-state index in [1.807, 2.05) is 21.1 Å². The molecule has 0 aromatic carbocycles. The van der Waals surface area contributed by atoms with Gasteiger partial charge >= 0.3 is 0 Å². The Bertz CT molecular complexity index is 1240. The molecule has 0 saturated heterocycles. The van der Waals surface area contributed by atoms with Gasteiger partial charge in [-0.25, -0.2) is 0 Å². The number of hydrogen-bond acceptors (Lipinski definition) is 6. The number of carbonyl (C=O) groups excluding carboxylic acids is 1. The fourth-order valence-corrected chi connectivity index (χ4v) is 10.6. The molecule has 0 aliphatic heterocycles. The maximum Gasteiger partial charge on any atom is 0.268 e. The summed E-state index contributed by atoms with van der Waals surface area (Å²) in [6, 6.07) is -0.799. The lowest BCUT2D eigenvalue weighted by Gasteiger charge is -2.30. The third-order valence-electron chi connectivity index (χ3n) is 14.9. The number of unbranched alkanes of at least 4 members (excludes halogenated alkanes) is 43. The van der Waals surface area contributed by atoms with E-state index in [0.717, 1.165) is 44.9 Å². The number of phosphoric acid groups is 1. The van der Waals surface area contributed by atoms with Gasteiger partial charge in [-0.2, -0.15) is 0 Å². The lowest BCUT2D eigenvalue weighted by molar-refractivity contribution is -0.870. The molecule has 0 spiro atoms. The van der Waals surface area contributed by atoms with Crippen LogP contribution in [0.1, 0.15) is 328 Å². The molecule has 0 aromatic rings. The fraction of sp³-hybridized carbons (Fsp3) is 0.922. The Labute approximate surface area is 455 Å². The number of amides is 1. The van der Waals surface area contributed by atoms with Gasteiger partial charge in [-0.05, 0) is 44.9 Å². The summed E-state index contributed by atoms with van der Waals surface area (Å²) in [5.41, 5.74) is 0. The highest BCUT2D eigenvalue weighted by Crippen LogP contribution is 2.38. The standard InChI is InChI=1S/C64H127N2O6P/c1-6-8-10-12-14-16-18-20-22-24-26-28-30-31-32-33-34-35-36-38-40-42-44-46-48-50-52-54-56-58-64(68)65-62(61-72-73(69,70)71-60-59-66(3,4)5)63(67)57-55-53-51-49-47-45-43-41-39-37-29-27-25-23-21-19-17-15-13-11-9-7-2/h18,20,24,26,62-63,67H,6-17,19,21-23,25,27-61H2,1-5H3,(H-,65,68,69,70)/b20-18-,26-24-. The van der Waals surface area contributed by atoms with E-state index in [9.17, 15) is 19.4 Å². The van der Waals surface area contributed by atoms with Crippen LogP contribution < -0.4 is 10.2 Å². The largest absolute Gasteiger partial charge is 0.756 e. The molecule has 73 heavy (non-hydrogen) atoms. The normalized spacial score (nSPS) is 13.9. The smallest absolute Gasteiger partial charge is 0.268 e. The minimum absolute atomic E-state index is 0.0146. The van der Waals surface area contributed by atoms with Crippen molar-refractivity contribution in [1.29, 1.82) is 0 Å². The van der Waals surface area contributed by atoms with E-state index in [2.05, 4.69) is 43.5 Å². The molecule has 2 N–H and O–H groups in total. The van der Waals surface area contributed by atoms with Gasteiger partial charge in [0, 0.05) is 6.42 Å². The number of nitrogens with zero attached hydrogens (tertiary/aromatic N) is 1. The fourth-order valence-electron chi connectivity index (χ4n) is 9.90. The van der Waals surface area contributed by atoms with Crippen LogP contribution in [-0.2, 0) is 18.4 Å². The minimum atomic E-state index is -4.57. The molecular weight excluding hydrogens is 924 g/mol. The lowest BCUT2D eigenvalue weighted by atomic mass is 10.0. The van der Waals surface area contributed by atoms with Crippen LogP contribution in [0.15, 0.2) is 24.3 Å². The average molecular weight is 1050 g/mol. The SMILES string of the molecule is CCCCCCC/C=C\C/C=C\CCCCCCCCCCCCCCCCCCCC(=O)NC(COP(=O)([O-])OCC[N+](C)(C)C)C(O)CCCCCCCCCCCCCCCCCCCCCCCC. The second kappa shape index (κ2) is 55.7. The first-order valence-electron chi connectivity index (χ1n) is 32.2. The summed E-state index contributed by atoms with van der Waals surface area (Å²) in [4.78, 5) is 25.6. The first-order valence-corrected chi connectivity index (χ1v) is 33.6. The maximum absolute atomic E-state index is 13.0. The third kappa shape index (κ3) is 58.5. The molecule has 8 nitrogen and oxygen atoms in total. The van der Waals surface area contributed by atoms with Crippen LogP contribution in [0.4, 0.5) is 0 Å². The van der Waals surface area contributed by atoms with E-state index >= 15 is 0 Å². The van der Waals surface area contributed by atoms with Crippen LogP contribution >= 0.6 is 7.82 Å². The number of quaternary nitrogens is 1. The van der Waals surface area contributed by atoms with Gasteiger partial charge in [-0.3, -0.25) is 9.36 Å². The van der Waals surface area contributed by atoms with Gasteiger partial charge in [0.15, 0.2) is 0 Å². The van der Waals surface area contributed by atoms with Crippen LogP contribution in [0, 0.1) is 0 Å². The van der Waals surface area contributed by atoms with Crippen molar-refractivity contribution in [1.82, 2.24) is 5.32 Å². The molecule has 9 heteroatoms. The van der Waals surface area contributed by atoms with E-state index < -0.39 is 20.0 Å². The molecule has 0 fully saturated rings. The predicted octanol–water partition coefficient (Wildman–Crippen LogP) is 19.3. The Morgan fingerprint density at radius 1 is 0.479 bits per heavy atom. The molecule has 3 atom stereocenters. The second-order valence-corrected chi connectivity index (χ2v) is 24.9. The molecule has 0 rings (SSSR count). The van der Waals surface area contributed by atoms with Crippen molar-refractivity contribution in [2.24, 2.45) is 0 Å². The lowest BCUT2D eigenvalue weighted by Crippen LogP contribution is -2.46. The number of rotatable bonds is 60. The number of aliphatic hydroxyl groups is 1. The molecule has 0 saturated carbocycles. The molecule has 434 valence electrons. The van der Waals surface area contributed by atoms with Crippen molar-refractivity contribution in [3.8, 4) is 0 Å². The Kier molecular flexibility index (Phi) is 54.9. The van der Waals surface area contributed by atoms with Crippen LogP contribution in [0.3, 0.4) is 0 Å². The third-order valence-corrected chi connectivity index (χ3v) is 15.9. The minimum Gasteiger partial charge on any atom is -0.756 e. The number of aliphatic hydroxyl groups excluding tert-OH is 1. The van der Waals surface area contributed by atoms with Crippen molar-refractivity contribution in [3.05, 3.63) is 24.3 Å². The van der Waals surface area contributed by atoms with Crippen LogP contribution in [-0.4, -0.2) is 68.5 Å². The zero-order valence-electron chi connectivity index (χ0n) is 49.6. The highest BCUT2D eigenvalue weighted by atomic mass is 31.2. The van der Waals surface area contributed by atoms with Gasteiger partial charge in [0.1, 0.15) is 13.2 Å². The summed E-state index contributed by atoms with van der Waals surface area (Å²) in [6.45, 7) is 4.76. The number of hydrogen-bond donors (Lipinski definition) is 2.